The number of amides is 2. The molecule has 3 aliphatic rings. The van der Waals surface area contributed by atoms with Crippen LogP contribution in [0.1, 0.15) is 32.4 Å². The Kier molecular flexibility index (Phi) is 5.09. The Hall–Kier alpha value is -3.52. The molecule has 0 aromatic heterocycles. The predicted molar refractivity (Wildman–Crippen MR) is 131 cm³/mol. The summed E-state index contributed by atoms with van der Waals surface area (Å²) in [4.78, 5) is 56.4. The lowest BCUT2D eigenvalue weighted by Crippen LogP contribution is -2.51. The maximum atomic E-state index is 13.9. The fourth-order valence-electron chi connectivity index (χ4n) is 5.57. The Balaban J connectivity index is 1.57. The van der Waals surface area contributed by atoms with Crippen LogP contribution in [0.4, 0.5) is 5.69 Å². The number of rotatable bonds is 3. The first-order valence-corrected chi connectivity index (χ1v) is 11.9. The zero-order valence-corrected chi connectivity index (χ0v) is 20.2. The molecule has 0 N–H and O–H groups in total. The molecule has 180 valence electrons. The van der Waals surface area contributed by atoms with Crippen molar-refractivity contribution in [2.75, 3.05) is 12.0 Å². The van der Waals surface area contributed by atoms with Gasteiger partial charge in [-0.25, -0.2) is 4.90 Å². The van der Waals surface area contributed by atoms with Crippen molar-refractivity contribution in [2.45, 2.75) is 11.7 Å². The van der Waals surface area contributed by atoms with Crippen LogP contribution in [-0.4, -0.2) is 36.1 Å². The number of carbonyl (C=O) groups is 4. The number of anilines is 1. The van der Waals surface area contributed by atoms with E-state index in [9.17, 15) is 19.2 Å². The summed E-state index contributed by atoms with van der Waals surface area (Å²) >= 11 is 12.3. The number of benzene rings is 3. The van der Waals surface area contributed by atoms with E-state index in [1.807, 2.05) is 0 Å². The summed E-state index contributed by atoms with van der Waals surface area (Å²) in [5.74, 6) is -4.75. The van der Waals surface area contributed by atoms with Gasteiger partial charge in [-0.1, -0.05) is 47.5 Å². The van der Waals surface area contributed by atoms with Crippen LogP contribution in [0.2, 0.25) is 10.0 Å². The number of ether oxygens (including phenoxy) is 2. The lowest BCUT2D eigenvalue weighted by Gasteiger charge is -2.27. The van der Waals surface area contributed by atoms with Crippen LogP contribution in [0.25, 0.3) is 0 Å². The summed E-state index contributed by atoms with van der Waals surface area (Å²) in [6.07, 6.45) is -1.14. The van der Waals surface area contributed by atoms with Gasteiger partial charge in [0.05, 0.1) is 24.6 Å². The van der Waals surface area contributed by atoms with Gasteiger partial charge in [0.15, 0.2) is 0 Å². The number of nitrogens with zero attached hydrogens (tertiary/aromatic N) is 1. The lowest BCUT2D eigenvalue weighted by atomic mass is 9.77. The summed E-state index contributed by atoms with van der Waals surface area (Å²) in [5, 5.41) is 0.765. The quantitative estimate of drug-likeness (QED) is 0.366. The average Bonchev–Trinajstić information content (AvgIpc) is 3.45. The molecule has 2 heterocycles. The molecule has 2 saturated heterocycles. The van der Waals surface area contributed by atoms with Crippen LogP contribution < -0.4 is 9.64 Å². The van der Waals surface area contributed by atoms with Crippen molar-refractivity contribution in [3.05, 3.63) is 93.5 Å². The molecular formula is C27H17Cl2NO6. The minimum absolute atomic E-state index is 0.158. The average molecular weight is 522 g/mol. The smallest absolute Gasteiger partial charge is 0.241 e. The Bertz CT molecular complexity index is 1450. The highest BCUT2D eigenvalue weighted by Crippen LogP contribution is 2.58. The van der Waals surface area contributed by atoms with Gasteiger partial charge in [-0.05, 0) is 42.5 Å². The number of fused-ring (bicyclic) bond motifs is 3. The number of imide groups is 1. The van der Waals surface area contributed by atoms with Crippen molar-refractivity contribution < 1.29 is 28.7 Å². The molecule has 0 unspecified atom stereocenters. The predicted octanol–water partition coefficient (Wildman–Crippen LogP) is 4.70. The maximum Gasteiger partial charge on any atom is 0.241 e. The van der Waals surface area contributed by atoms with E-state index in [0.29, 0.717) is 21.4 Å². The van der Waals surface area contributed by atoms with Crippen LogP contribution in [0.15, 0.2) is 66.7 Å². The molecule has 1 spiro atoms. The molecule has 2 aliphatic heterocycles. The van der Waals surface area contributed by atoms with Gasteiger partial charge in [-0.2, -0.15) is 0 Å². The minimum atomic E-state index is -2.18. The largest absolute Gasteiger partial charge is 0.496 e. The van der Waals surface area contributed by atoms with Gasteiger partial charge in [-0.3, -0.25) is 19.2 Å². The topological polar surface area (TPSA) is 90.0 Å². The first kappa shape index (κ1) is 22.9. The summed E-state index contributed by atoms with van der Waals surface area (Å²) in [6.45, 7) is 0. The van der Waals surface area contributed by atoms with E-state index in [-0.39, 0.29) is 16.8 Å². The zero-order chi connectivity index (χ0) is 25.4. The first-order chi connectivity index (χ1) is 17.3. The fraction of sp³-hybridized carbons (Fsp3) is 0.185. The monoisotopic (exact) mass is 521 g/mol. The molecule has 0 saturated carbocycles. The van der Waals surface area contributed by atoms with E-state index < -0.39 is 46.9 Å². The van der Waals surface area contributed by atoms with E-state index in [2.05, 4.69) is 0 Å². The maximum absolute atomic E-state index is 13.9. The van der Waals surface area contributed by atoms with Gasteiger partial charge < -0.3 is 9.47 Å². The highest BCUT2D eigenvalue weighted by molar-refractivity contribution is 6.37. The number of hydrogen-bond acceptors (Lipinski definition) is 6. The second kappa shape index (κ2) is 8.00. The van der Waals surface area contributed by atoms with Gasteiger partial charge in [0.2, 0.25) is 29.0 Å². The van der Waals surface area contributed by atoms with Gasteiger partial charge >= 0.3 is 0 Å². The summed E-state index contributed by atoms with van der Waals surface area (Å²) in [6, 6.07) is 17.3. The Labute approximate surface area is 215 Å². The van der Waals surface area contributed by atoms with E-state index in [1.54, 1.807) is 42.5 Å². The van der Waals surface area contributed by atoms with E-state index in [0.717, 1.165) is 4.90 Å². The zero-order valence-electron chi connectivity index (χ0n) is 18.7. The van der Waals surface area contributed by atoms with Crippen LogP contribution in [0.3, 0.4) is 0 Å². The van der Waals surface area contributed by atoms with Gasteiger partial charge in [0.1, 0.15) is 11.9 Å². The number of hydrogen-bond donors (Lipinski definition) is 0. The second-order valence-electron chi connectivity index (χ2n) is 8.86. The van der Waals surface area contributed by atoms with Crippen LogP contribution in [0.5, 0.6) is 5.75 Å². The Morgan fingerprint density at radius 3 is 2.06 bits per heavy atom. The number of ketones is 2. The lowest BCUT2D eigenvalue weighted by molar-refractivity contribution is -0.127. The molecule has 0 radical (unpaired) electrons. The molecule has 36 heavy (non-hydrogen) atoms. The SMILES string of the molecule is COc1ccc(Cl)cc1[C@H]1OC2(C(=O)c3ccccc3C2=O)[C@@H]2C(=O)N(c3ccc(Cl)cc3)C(=O)[C@@H]12. The number of carbonyl (C=O) groups excluding carboxylic acids is 4. The molecule has 0 bridgehead atoms. The fourth-order valence-corrected chi connectivity index (χ4v) is 5.88. The van der Waals surface area contributed by atoms with Crippen molar-refractivity contribution in [1.29, 1.82) is 0 Å². The third-order valence-electron chi connectivity index (χ3n) is 7.10. The summed E-state index contributed by atoms with van der Waals surface area (Å²) < 4.78 is 11.8. The van der Waals surface area contributed by atoms with Crippen LogP contribution in [-0.2, 0) is 14.3 Å². The Morgan fingerprint density at radius 2 is 1.44 bits per heavy atom. The molecule has 3 aromatic rings. The highest BCUT2D eigenvalue weighted by Gasteiger charge is 2.75. The van der Waals surface area contributed by atoms with Crippen molar-refractivity contribution in [2.24, 2.45) is 11.8 Å². The number of methoxy groups -OCH3 is 1. The van der Waals surface area contributed by atoms with E-state index in [1.165, 1.54) is 31.4 Å². The van der Waals surface area contributed by atoms with Gasteiger partial charge in [0, 0.05) is 26.7 Å². The molecule has 2 fully saturated rings. The summed E-state index contributed by atoms with van der Waals surface area (Å²) in [7, 11) is 1.44. The standard InChI is InChI=1S/C27H17Cl2NO6/c1-35-19-11-8-14(29)12-18(19)22-20-21(26(34)30(25(20)33)15-9-6-13(28)7-10-15)27(36-22)23(31)16-4-2-3-5-17(16)24(27)32/h2-12,20-22H,1H3/t20-,21+,22-/m1/s1. The molecule has 3 atom stereocenters. The van der Waals surface area contributed by atoms with Crippen molar-refractivity contribution in [1.82, 2.24) is 0 Å². The third-order valence-corrected chi connectivity index (χ3v) is 7.59. The van der Waals surface area contributed by atoms with Gasteiger partial charge in [0.25, 0.3) is 0 Å². The van der Waals surface area contributed by atoms with Crippen molar-refractivity contribution >= 4 is 52.3 Å². The first-order valence-electron chi connectivity index (χ1n) is 11.1. The van der Waals surface area contributed by atoms with E-state index in [4.69, 9.17) is 32.7 Å². The van der Waals surface area contributed by atoms with Gasteiger partial charge in [-0.15, -0.1) is 0 Å². The number of halogens is 2. The normalized spacial score (nSPS) is 24.0. The minimum Gasteiger partial charge on any atom is -0.496 e. The molecule has 2 amide bonds. The molecule has 1 aliphatic carbocycles. The summed E-state index contributed by atoms with van der Waals surface area (Å²) in [5.41, 5.74) is -1.21. The molecule has 6 rings (SSSR count). The Morgan fingerprint density at radius 1 is 0.833 bits per heavy atom. The third kappa shape index (κ3) is 2.91. The molecule has 9 heteroatoms. The number of Topliss-reactive ketones (excluding diaryl/α,β-unsaturated/α-hetero) is 2. The van der Waals surface area contributed by atoms with Crippen molar-refractivity contribution in [3.8, 4) is 5.75 Å². The van der Waals surface area contributed by atoms with Crippen LogP contribution >= 0.6 is 23.2 Å². The second-order valence-corrected chi connectivity index (χ2v) is 9.73. The molecule has 3 aromatic carbocycles. The van der Waals surface area contributed by atoms with Crippen LogP contribution in [0, 0.1) is 11.8 Å². The molecule has 7 nitrogen and oxygen atoms in total. The van der Waals surface area contributed by atoms with Crippen molar-refractivity contribution in [3.63, 3.8) is 0 Å². The molecular weight excluding hydrogens is 505 g/mol. The highest BCUT2D eigenvalue weighted by atomic mass is 35.5. The van der Waals surface area contributed by atoms with E-state index >= 15 is 0 Å².